The van der Waals surface area contributed by atoms with Gasteiger partial charge in [0.05, 0.1) is 27.9 Å². The maximum atomic E-state index is 5.87. The molecule has 3 aliphatic heterocycles. The van der Waals surface area contributed by atoms with Crippen molar-refractivity contribution in [3.05, 3.63) is 46.5 Å². The molecule has 0 aromatic heterocycles. The molecule has 6 heteroatoms. The second-order valence-electron chi connectivity index (χ2n) is 10.5. The first-order chi connectivity index (χ1) is 17.6. The van der Waals surface area contributed by atoms with E-state index in [0.29, 0.717) is 30.5 Å². The van der Waals surface area contributed by atoms with Crippen molar-refractivity contribution in [2.24, 2.45) is 11.8 Å². The van der Waals surface area contributed by atoms with Crippen molar-refractivity contribution in [3.63, 3.8) is 0 Å². The number of rotatable bonds is 8. The highest BCUT2D eigenvalue weighted by Gasteiger charge is 2.40. The molecule has 0 spiro atoms. The Bertz CT molecular complexity index is 1070. The smallest absolute Gasteiger partial charge is 0.161 e. The summed E-state index contributed by atoms with van der Waals surface area (Å²) in [6.45, 7) is 8.34. The monoisotopic (exact) mass is 494 g/mol. The molecule has 0 unspecified atom stereocenters. The lowest BCUT2D eigenvalue weighted by Gasteiger charge is -2.48. The molecule has 0 radical (unpaired) electrons. The van der Waals surface area contributed by atoms with Crippen molar-refractivity contribution >= 4 is 0 Å². The largest absolute Gasteiger partial charge is 0.493 e. The zero-order valence-electron chi connectivity index (χ0n) is 22.6. The van der Waals surface area contributed by atoms with Gasteiger partial charge in [-0.25, -0.2) is 0 Å². The molecule has 1 fully saturated rings. The van der Waals surface area contributed by atoms with Gasteiger partial charge in [0, 0.05) is 25.2 Å². The fourth-order valence-corrected chi connectivity index (χ4v) is 6.85. The summed E-state index contributed by atoms with van der Waals surface area (Å²) in [5, 5.41) is 3.85. The van der Waals surface area contributed by atoms with E-state index in [-0.39, 0.29) is 0 Å². The van der Waals surface area contributed by atoms with Crippen LogP contribution >= 0.6 is 0 Å². The summed E-state index contributed by atoms with van der Waals surface area (Å²) in [6, 6.07) is 9.66. The Balaban J connectivity index is 1.42. The first kappa shape index (κ1) is 25.2. The van der Waals surface area contributed by atoms with Crippen LogP contribution in [0.4, 0.5) is 0 Å². The molecule has 1 N–H and O–H groups in total. The summed E-state index contributed by atoms with van der Waals surface area (Å²) in [5.74, 6) is 4.74. The predicted molar refractivity (Wildman–Crippen MR) is 143 cm³/mol. The SMILES string of the molecule is CCOc1cc2c(cc1OC)[C@@H](C[C@H]1C[C@H]3c4cc(OC)c(OC)cc4CCN3C[C@@H]1CC)NCC2. The van der Waals surface area contributed by atoms with Crippen LogP contribution in [0.25, 0.3) is 0 Å². The summed E-state index contributed by atoms with van der Waals surface area (Å²) in [6.07, 6.45) is 5.66. The number of ether oxygens (including phenoxy) is 4. The van der Waals surface area contributed by atoms with Gasteiger partial charge < -0.3 is 24.3 Å². The molecule has 36 heavy (non-hydrogen) atoms. The third-order valence-electron chi connectivity index (χ3n) is 8.72. The number of methoxy groups -OCH3 is 3. The summed E-state index contributed by atoms with van der Waals surface area (Å²) in [5.41, 5.74) is 5.62. The van der Waals surface area contributed by atoms with E-state index in [4.69, 9.17) is 18.9 Å². The molecule has 2 aromatic carbocycles. The normalized spacial score (nSPS) is 25.4. The number of piperidine rings is 1. The van der Waals surface area contributed by atoms with Crippen LogP contribution < -0.4 is 24.3 Å². The highest BCUT2D eigenvalue weighted by molar-refractivity contribution is 5.50. The summed E-state index contributed by atoms with van der Waals surface area (Å²) in [4.78, 5) is 2.72. The predicted octanol–water partition coefficient (Wildman–Crippen LogP) is 5.33. The van der Waals surface area contributed by atoms with Crippen molar-refractivity contribution in [1.29, 1.82) is 0 Å². The number of fused-ring (bicyclic) bond motifs is 4. The molecule has 0 bridgehead atoms. The minimum absolute atomic E-state index is 0.345. The Morgan fingerprint density at radius 2 is 1.50 bits per heavy atom. The number of nitrogens with zero attached hydrogens (tertiary/aromatic N) is 1. The molecule has 3 heterocycles. The van der Waals surface area contributed by atoms with Gasteiger partial charge in [-0.1, -0.05) is 13.3 Å². The lowest BCUT2D eigenvalue weighted by molar-refractivity contribution is 0.0434. The van der Waals surface area contributed by atoms with Crippen LogP contribution in [-0.4, -0.2) is 52.5 Å². The van der Waals surface area contributed by atoms with Crippen LogP contribution in [0.2, 0.25) is 0 Å². The van der Waals surface area contributed by atoms with Crippen molar-refractivity contribution in [3.8, 4) is 23.0 Å². The van der Waals surface area contributed by atoms with Gasteiger partial charge in [0.25, 0.3) is 0 Å². The third-order valence-corrected chi connectivity index (χ3v) is 8.72. The highest BCUT2D eigenvalue weighted by Crippen LogP contribution is 2.48. The molecule has 1 saturated heterocycles. The topological polar surface area (TPSA) is 52.2 Å². The van der Waals surface area contributed by atoms with E-state index in [1.165, 1.54) is 41.6 Å². The van der Waals surface area contributed by atoms with Gasteiger partial charge in [-0.2, -0.15) is 0 Å². The van der Waals surface area contributed by atoms with Crippen LogP contribution in [0.1, 0.15) is 67.4 Å². The van der Waals surface area contributed by atoms with Crippen LogP contribution in [0.3, 0.4) is 0 Å². The molecular weight excluding hydrogens is 452 g/mol. The highest BCUT2D eigenvalue weighted by atomic mass is 16.5. The lowest BCUT2D eigenvalue weighted by atomic mass is 9.72. The van der Waals surface area contributed by atoms with Crippen LogP contribution in [0, 0.1) is 11.8 Å². The maximum absolute atomic E-state index is 5.87. The van der Waals surface area contributed by atoms with Gasteiger partial charge in [-0.15, -0.1) is 0 Å². The van der Waals surface area contributed by atoms with E-state index in [1.54, 1.807) is 21.3 Å². The fourth-order valence-electron chi connectivity index (χ4n) is 6.85. The first-order valence-corrected chi connectivity index (χ1v) is 13.7. The molecule has 6 nitrogen and oxygen atoms in total. The van der Waals surface area contributed by atoms with Crippen LogP contribution in [0.5, 0.6) is 23.0 Å². The molecule has 5 rings (SSSR count). The van der Waals surface area contributed by atoms with E-state index in [0.717, 1.165) is 55.4 Å². The molecular formula is C30H42N2O4. The number of nitrogens with one attached hydrogen (secondary N) is 1. The molecule has 0 aliphatic carbocycles. The van der Waals surface area contributed by atoms with Gasteiger partial charge in [0.1, 0.15) is 0 Å². The quantitative estimate of drug-likeness (QED) is 0.535. The van der Waals surface area contributed by atoms with Gasteiger partial charge >= 0.3 is 0 Å². The molecule has 0 amide bonds. The first-order valence-electron chi connectivity index (χ1n) is 13.7. The number of hydrogen-bond donors (Lipinski definition) is 1. The van der Waals surface area contributed by atoms with Gasteiger partial charge in [0.2, 0.25) is 0 Å². The van der Waals surface area contributed by atoms with Crippen molar-refractivity contribution in [1.82, 2.24) is 10.2 Å². The summed E-state index contributed by atoms with van der Waals surface area (Å²) < 4.78 is 22.9. The Morgan fingerprint density at radius 1 is 0.833 bits per heavy atom. The Hall–Kier alpha value is -2.44. The number of hydrogen-bond acceptors (Lipinski definition) is 6. The standard InChI is InChI=1S/C30H42N2O4/c1-6-19-18-32-11-9-21-14-27(33-3)28(34-4)17-24(21)26(32)13-22(19)12-25-23-16-29(35-5)30(36-7-2)15-20(23)8-10-31-25/h14-17,19,22,25-26,31H,6-13,18H2,1-5H3/t19-,22-,25+,26-/m0/s1. The van der Waals surface area contributed by atoms with Crippen molar-refractivity contribution in [2.75, 3.05) is 47.6 Å². The Labute approximate surface area is 216 Å². The van der Waals surface area contributed by atoms with Crippen LogP contribution in [0.15, 0.2) is 24.3 Å². The average Bonchev–Trinajstić information content (AvgIpc) is 2.91. The molecule has 196 valence electrons. The maximum Gasteiger partial charge on any atom is 0.161 e. The van der Waals surface area contributed by atoms with E-state index >= 15 is 0 Å². The van der Waals surface area contributed by atoms with E-state index in [1.807, 2.05) is 6.92 Å². The minimum atomic E-state index is 0.345. The second-order valence-corrected chi connectivity index (χ2v) is 10.5. The third kappa shape index (κ3) is 4.66. The molecule has 3 aliphatic rings. The van der Waals surface area contributed by atoms with E-state index < -0.39 is 0 Å². The minimum Gasteiger partial charge on any atom is -0.493 e. The van der Waals surface area contributed by atoms with E-state index in [9.17, 15) is 0 Å². The van der Waals surface area contributed by atoms with Gasteiger partial charge in [-0.05, 0) is 97.5 Å². The van der Waals surface area contributed by atoms with Crippen molar-refractivity contribution < 1.29 is 18.9 Å². The zero-order valence-corrected chi connectivity index (χ0v) is 22.6. The summed E-state index contributed by atoms with van der Waals surface area (Å²) >= 11 is 0. The van der Waals surface area contributed by atoms with E-state index in [2.05, 4.69) is 41.4 Å². The Morgan fingerprint density at radius 3 is 2.22 bits per heavy atom. The van der Waals surface area contributed by atoms with Gasteiger partial charge in [-0.3, -0.25) is 4.90 Å². The zero-order chi connectivity index (χ0) is 25.2. The average molecular weight is 495 g/mol. The van der Waals surface area contributed by atoms with Crippen molar-refractivity contribution in [2.45, 2.75) is 58.0 Å². The van der Waals surface area contributed by atoms with Gasteiger partial charge in [0.15, 0.2) is 23.0 Å². The molecule has 4 atom stereocenters. The van der Waals surface area contributed by atoms with Crippen LogP contribution in [-0.2, 0) is 12.8 Å². The Kier molecular flexibility index (Phi) is 7.63. The fraction of sp³-hybridized carbons (Fsp3) is 0.600. The molecule has 2 aromatic rings. The summed E-state index contributed by atoms with van der Waals surface area (Å²) in [7, 11) is 5.20. The second kappa shape index (κ2) is 10.9. The molecule has 0 saturated carbocycles. The lowest BCUT2D eigenvalue weighted by Crippen LogP contribution is -2.46. The number of benzene rings is 2.